The number of fused-ring (bicyclic) bond motifs is 6. The number of nitrogens with zero attached hydrogens (tertiary/aromatic N) is 5. The van der Waals surface area contributed by atoms with Gasteiger partial charge in [-0.1, -0.05) is 91.0 Å². The highest BCUT2D eigenvalue weighted by atomic mass is 15.0. The molecule has 7 aromatic carbocycles. The molecular formula is C45H25N5. The fraction of sp³-hybridized carbons (Fsp3) is 0. The molecule has 0 amide bonds. The standard InChI is InChI=1S/C45H25N5/c46-26-29-20-22-44-38(23-29)37-21-19-30(27-47)24-45(37)50(44)43-18-8-14-33(39(43)28-48)31-9-7-10-32(25-31)34-11-1-4-15-40(34)49-41-16-5-2-12-35(41)36-13-3-6-17-42(36)49/h1-25H. The summed E-state index contributed by atoms with van der Waals surface area (Å²) < 4.78 is 4.37. The van der Waals surface area contributed by atoms with E-state index in [1.54, 1.807) is 12.1 Å². The lowest BCUT2D eigenvalue weighted by Gasteiger charge is -2.16. The van der Waals surface area contributed by atoms with E-state index in [2.05, 4.69) is 108 Å². The van der Waals surface area contributed by atoms with Crippen LogP contribution in [0.5, 0.6) is 0 Å². The topological polar surface area (TPSA) is 81.2 Å². The lowest BCUT2D eigenvalue weighted by molar-refractivity contribution is 1.17. The Kier molecular flexibility index (Phi) is 6.56. The number of aromatic nitrogens is 2. The van der Waals surface area contributed by atoms with Gasteiger partial charge in [-0.15, -0.1) is 0 Å². The quantitative estimate of drug-likeness (QED) is 0.193. The normalized spacial score (nSPS) is 11.1. The van der Waals surface area contributed by atoms with Crippen molar-refractivity contribution in [3.63, 3.8) is 0 Å². The van der Waals surface area contributed by atoms with Crippen molar-refractivity contribution in [2.24, 2.45) is 0 Å². The summed E-state index contributed by atoms with van der Waals surface area (Å²) >= 11 is 0. The van der Waals surface area contributed by atoms with Crippen molar-refractivity contribution in [3.8, 4) is 51.8 Å². The third-order valence-corrected chi connectivity index (χ3v) is 9.63. The molecule has 2 aromatic heterocycles. The van der Waals surface area contributed by atoms with Crippen molar-refractivity contribution in [1.29, 1.82) is 15.8 Å². The molecule has 230 valence electrons. The molecule has 5 heteroatoms. The van der Waals surface area contributed by atoms with Crippen molar-refractivity contribution >= 4 is 43.6 Å². The van der Waals surface area contributed by atoms with E-state index < -0.39 is 0 Å². The third kappa shape index (κ3) is 4.31. The van der Waals surface area contributed by atoms with Gasteiger partial charge in [-0.2, -0.15) is 15.8 Å². The first-order valence-corrected chi connectivity index (χ1v) is 16.3. The molecular weight excluding hydrogens is 611 g/mol. The van der Waals surface area contributed by atoms with Crippen LogP contribution in [0.4, 0.5) is 0 Å². The zero-order chi connectivity index (χ0) is 33.8. The van der Waals surface area contributed by atoms with Crippen LogP contribution in [0.3, 0.4) is 0 Å². The molecule has 0 spiro atoms. The second kappa shape index (κ2) is 11.4. The van der Waals surface area contributed by atoms with E-state index in [4.69, 9.17) is 0 Å². The van der Waals surface area contributed by atoms with Crippen LogP contribution < -0.4 is 0 Å². The number of rotatable bonds is 4. The third-order valence-electron chi connectivity index (χ3n) is 9.63. The fourth-order valence-corrected chi connectivity index (χ4v) is 7.45. The van der Waals surface area contributed by atoms with E-state index in [0.29, 0.717) is 22.4 Å². The maximum absolute atomic E-state index is 10.8. The Labute approximate surface area is 287 Å². The number of hydrogen-bond acceptors (Lipinski definition) is 3. The first-order valence-electron chi connectivity index (χ1n) is 16.3. The van der Waals surface area contributed by atoms with Gasteiger partial charge in [0.2, 0.25) is 0 Å². The molecule has 0 unspecified atom stereocenters. The van der Waals surface area contributed by atoms with Crippen LogP contribution >= 0.6 is 0 Å². The molecule has 0 saturated heterocycles. The molecule has 0 aliphatic rings. The minimum Gasteiger partial charge on any atom is -0.309 e. The Bertz CT molecular complexity index is 2920. The molecule has 2 heterocycles. The van der Waals surface area contributed by atoms with Crippen LogP contribution in [-0.4, -0.2) is 9.13 Å². The summed E-state index contributed by atoms with van der Waals surface area (Å²) in [5.74, 6) is 0. The van der Waals surface area contributed by atoms with Gasteiger partial charge < -0.3 is 9.13 Å². The van der Waals surface area contributed by atoms with E-state index >= 15 is 0 Å². The summed E-state index contributed by atoms with van der Waals surface area (Å²) in [5.41, 5.74) is 11.2. The van der Waals surface area contributed by atoms with E-state index in [1.165, 1.54) is 10.8 Å². The van der Waals surface area contributed by atoms with Gasteiger partial charge in [0, 0.05) is 32.7 Å². The van der Waals surface area contributed by atoms with Crippen LogP contribution in [0, 0.1) is 34.0 Å². The van der Waals surface area contributed by atoms with Crippen LogP contribution in [0.1, 0.15) is 16.7 Å². The first kappa shape index (κ1) is 28.8. The second-order valence-corrected chi connectivity index (χ2v) is 12.3. The zero-order valence-corrected chi connectivity index (χ0v) is 26.7. The average molecular weight is 636 g/mol. The van der Waals surface area contributed by atoms with Crippen LogP contribution in [0.25, 0.3) is 77.2 Å². The number of hydrogen-bond donors (Lipinski definition) is 0. The van der Waals surface area contributed by atoms with E-state index in [0.717, 1.165) is 60.8 Å². The molecule has 0 aliphatic carbocycles. The Morgan fingerprint density at radius 3 is 1.64 bits per heavy atom. The lowest BCUT2D eigenvalue weighted by Crippen LogP contribution is -2.00. The van der Waals surface area contributed by atoms with Crippen LogP contribution in [0.2, 0.25) is 0 Å². The minimum absolute atomic E-state index is 0.519. The zero-order valence-electron chi connectivity index (χ0n) is 26.7. The molecule has 0 radical (unpaired) electrons. The maximum Gasteiger partial charge on any atom is 0.102 e. The summed E-state index contributed by atoms with van der Waals surface area (Å²) in [6, 6.07) is 57.9. The molecule has 0 bridgehead atoms. The molecule has 5 nitrogen and oxygen atoms in total. The smallest absolute Gasteiger partial charge is 0.102 e. The molecule has 0 N–H and O–H groups in total. The highest BCUT2D eigenvalue weighted by molar-refractivity contribution is 6.11. The molecule has 50 heavy (non-hydrogen) atoms. The lowest BCUT2D eigenvalue weighted by atomic mass is 9.94. The van der Waals surface area contributed by atoms with E-state index in [1.807, 2.05) is 59.2 Å². The SMILES string of the molecule is N#Cc1ccc2c(c1)c1ccc(C#N)cc1n2-c1cccc(-c2cccc(-c3ccccc3-n3c4ccccc4c4ccccc43)c2)c1C#N. The van der Waals surface area contributed by atoms with Gasteiger partial charge in [0.25, 0.3) is 0 Å². The van der Waals surface area contributed by atoms with Gasteiger partial charge in [-0.3, -0.25) is 0 Å². The van der Waals surface area contributed by atoms with Crippen molar-refractivity contribution in [2.45, 2.75) is 0 Å². The molecule has 0 atom stereocenters. The summed E-state index contributed by atoms with van der Waals surface area (Å²) in [4.78, 5) is 0. The Morgan fingerprint density at radius 2 is 0.900 bits per heavy atom. The van der Waals surface area contributed by atoms with Gasteiger partial charge in [0.05, 0.1) is 62.3 Å². The van der Waals surface area contributed by atoms with Gasteiger partial charge >= 0.3 is 0 Å². The van der Waals surface area contributed by atoms with Gasteiger partial charge in [-0.25, -0.2) is 0 Å². The minimum atomic E-state index is 0.519. The number of benzene rings is 7. The highest BCUT2D eigenvalue weighted by Crippen LogP contribution is 2.39. The molecule has 0 fully saturated rings. The van der Waals surface area contributed by atoms with Crippen molar-refractivity contribution in [2.75, 3.05) is 0 Å². The monoisotopic (exact) mass is 635 g/mol. The van der Waals surface area contributed by atoms with E-state index in [9.17, 15) is 15.8 Å². The number of para-hydroxylation sites is 3. The predicted octanol–water partition coefficient (Wildman–Crippen LogP) is 10.8. The molecule has 9 rings (SSSR count). The summed E-state index contributed by atoms with van der Waals surface area (Å²) in [6.07, 6.45) is 0. The van der Waals surface area contributed by atoms with Crippen molar-refractivity contribution < 1.29 is 0 Å². The Morgan fingerprint density at radius 1 is 0.360 bits per heavy atom. The van der Waals surface area contributed by atoms with Gasteiger partial charge in [0.1, 0.15) is 6.07 Å². The number of nitriles is 3. The fourth-order valence-electron chi connectivity index (χ4n) is 7.45. The van der Waals surface area contributed by atoms with Crippen LogP contribution in [-0.2, 0) is 0 Å². The molecule has 0 saturated carbocycles. The largest absolute Gasteiger partial charge is 0.309 e. The van der Waals surface area contributed by atoms with Crippen molar-refractivity contribution in [3.05, 3.63) is 168 Å². The second-order valence-electron chi connectivity index (χ2n) is 12.3. The van der Waals surface area contributed by atoms with Crippen molar-refractivity contribution in [1.82, 2.24) is 9.13 Å². The summed E-state index contributed by atoms with van der Waals surface area (Å²) in [5, 5.41) is 34.4. The predicted molar refractivity (Wildman–Crippen MR) is 200 cm³/mol. The summed E-state index contributed by atoms with van der Waals surface area (Å²) in [7, 11) is 0. The molecule has 0 aliphatic heterocycles. The first-order chi connectivity index (χ1) is 24.7. The Balaban J connectivity index is 1.25. The summed E-state index contributed by atoms with van der Waals surface area (Å²) in [6.45, 7) is 0. The van der Waals surface area contributed by atoms with Gasteiger partial charge in [0.15, 0.2) is 0 Å². The molecule has 9 aromatic rings. The Hall–Kier alpha value is -7.39. The maximum atomic E-state index is 10.8. The van der Waals surface area contributed by atoms with Crippen LogP contribution in [0.15, 0.2) is 152 Å². The average Bonchev–Trinajstić information content (AvgIpc) is 3.69. The van der Waals surface area contributed by atoms with E-state index in [-0.39, 0.29) is 0 Å². The van der Waals surface area contributed by atoms with Gasteiger partial charge in [-0.05, 0) is 71.8 Å². The highest BCUT2D eigenvalue weighted by Gasteiger charge is 2.20.